The van der Waals surface area contributed by atoms with Gasteiger partial charge in [-0.2, -0.15) is 0 Å². The molecule has 3 rings (SSSR count). The van der Waals surface area contributed by atoms with Crippen molar-refractivity contribution in [3.63, 3.8) is 0 Å². The number of ether oxygens (including phenoxy) is 1. The summed E-state index contributed by atoms with van der Waals surface area (Å²) in [5.74, 6) is 1.01. The van der Waals surface area contributed by atoms with Gasteiger partial charge in [0.1, 0.15) is 5.82 Å². The minimum atomic E-state index is -0.118. The smallest absolute Gasteiger partial charge is 0.314 e. The molecule has 0 unspecified atom stereocenters. The van der Waals surface area contributed by atoms with E-state index >= 15 is 0 Å². The van der Waals surface area contributed by atoms with Gasteiger partial charge in [-0.05, 0) is 38.3 Å². The first-order valence-corrected chi connectivity index (χ1v) is 8.29. The molecule has 1 aliphatic rings. The number of fused-ring (bicyclic) bond motifs is 1. The first kappa shape index (κ1) is 15.8. The summed E-state index contributed by atoms with van der Waals surface area (Å²) < 4.78 is 7.67. The fourth-order valence-electron chi connectivity index (χ4n) is 2.99. The number of aryl methyl sites for hydroxylation is 2. The monoisotopic (exact) mass is 316 g/mol. The quantitative estimate of drug-likeness (QED) is 0.803. The van der Waals surface area contributed by atoms with Crippen molar-refractivity contribution in [1.29, 1.82) is 0 Å². The lowest BCUT2D eigenvalue weighted by Gasteiger charge is -2.12. The van der Waals surface area contributed by atoms with Crippen LogP contribution in [0.2, 0.25) is 0 Å². The molecular formula is C17H24N4O2. The second kappa shape index (κ2) is 7.46. The van der Waals surface area contributed by atoms with Gasteiger partial charge < -0.3 is 19.9 Å². The molecule has 1 fully saturated rings. The highest BCUT2D eigenvalue weighted by Gasteiger charge is 2.15. The molecule has 2 amide bonds. The number of para-hydroxylation sites is 2. The van der Waals surface area contributed by atoms with Gasteiger partial charge in [0.25, 0.3) is 0 Å². The van der Waals surface area contributed by atoms with E-state index in [9.17, 15) is 4.79 Å². The maximum Gasteiger partial charge on any atom is 0.314 e. The summed E-state index contributed by atoms with van der Waals surface area (Å²) in [6, 6.07) is 8.01. The summed E-state index contributed by atoms with van der Waals surface area (Å²) in [6.45, 7) is 4.91. The van der Waals surface area contributed by atoms with E-state index in [1.165, 1.54) is 0 Å². The fraction of sp³-hybridized carbons (Fsp3) is 0.529. The lowest BCUT2D eigenvalue weighted by molar-refractivity contribution is 0.111. The molecule has 1 aliphatic heterocycles. The number of imidazole rings is 1. The van der Waals surface area contributed by atoms with Gasteiger partial charge >= 0.3 is 6.03 Å². The molecule has 0 spiro atoms. The zero-order valence-electron chi connectivity index (χ0n) is 13.5. The molecule has 0 saturated carbocycles. The molecule has 0 bridgehead atoms. The van der Waals surface area contributed by atoms with Crippen molar-refractivity contribution in [2.24, 2.45) is 0 Å². The van der Waals surface area contributed by atoms with E-state index in [2.05, 4.69) is 26.3 Å². The Bertz CT molecular complexity index is 662. The van der Waals surface area contributed by atoms with Crippen LogP contribution in [-0.4, -0.2) is 41.4 Å². The van der Waals surface area contributed by atoms with Crippen molar-refractivity contribution in [3.8, 4) is 0 Å². The largest absolute Gasteiger partial charge is 0.376 e. The lowest BCUT2D eigenvalue weighted by Crippen LogP contribution is -2.40. The second-order valence-corrected chi connectivity index (χ2v) is 5.92. The Hall–Kier alpha value is -2.08. The van der Waals surface area contributed by atoms with Crippen LogP contribution in [0.3, 0.4) is 0 Å². The highest BCUT2D eigenvalue weighted by molar-refractivity contribution is 5.76. The predicted octanol–water partition coefficient (Wildman–Crippen LogP) is 2.21. The number of hydrogen-bond acceptors (Lipinski definition) is 3. The Morgan fingerprint density at radius 2 is 2.26 bits per heavy atom. The van der Waals surface area contributed by atoms with E-state index in [4.69, 9.17) is 4.74 Å². The number of benzene rings is 1. The average molecular weight is 316 g/mol. The topological polar surface area (TPSA) is 68.2 Å². The van der Waals surface area contributed by atoms with Crippen molar-refractivity contribution in [2.75, 3.05) is 19.7 Å². The van der Waals surface area contributed by atoms with Crippen molar-refractivity contribution in [3.05, 3.63) is 30.1 Å². The van der Waals surface area contributed by atoms with Gasteiger partial charge in [0.2, 0.25) is 0 Å². The predicted molar refractivity (Wildman–Crippen MR) is 89.5 cm³/mol. The Morgan fingerprint density at radius 1 is 1.39 bits per heavy atom. The molecule has 1 atom stereocenters. The van der Waals surface area contributed by atoms with Gasteiger partial charge in [-0.25, -0.2) is 9.78 Å². The first-order valence-electron chi connectivity index (χ1n) is 8.29. The van der Waals surface area contributed by atoms with Crippen molar-refractivity contribution in [2.45, 2.75) is 38.8 Å². The van der Waals surface area contributed by atoms with Crippen LogP contribution >= 0.6 is 0 Å². The first-order chi connectivity index (χ1) is 11.2. The standard InChI is InChI=1S/C17H24N4O2/c1-13-20-15-7-2-3-8-16(15)21(13)10-5-9-18-17(22)19-12-14-6-4-11-23-14/h2-3,7-8,14H,4-6,9-12H2,1H3,(H2,18,19,22)/t14-/m0/s1. The second-order valence-electron chi connectivity index (χ2n) is 5.92. The van der Waals surface area contributed by atoms with Gasteiger partial charge in [-0.1, -0.05) is 12.1 Å². The molecule has 2 heterocycles. The summed E-state index contributed by atoms with van der Waals surface area (Å²) in [5.41, 5.74) is 2.17. The number of carbonyl (C=O) groups excluding carboxylic acids is 1. The molecule has 23 heavy (non-hydrogen) atoms. The van der Waals surface area contributed by atoms with Crippen LogP contribution in [0, 0.1) is 6.92 Å². The number of aromatic nitrogens is 2. The Morgan fingerprint density at radius 3 is 3.09 bits per heavy atom. The van der Waals surface area contributed by atoms with Gasteiger partial charge in [-0.15, -0.1) is 0 Å². The number of rotatable bonds is 6. The number of amides is 2. The van der Waals surface area contributed by atoms with E-state index in [0.29, 0.717) is 13.1 Å². The zero-order chi connectivity index (χ0) is 16.1. The number of nitrogens with zero attached hydrogens (tertiary/aromatic N) is 2. The third-order valence-corrected chi connectivity index (χ3v) is 4.20. The number of hydrogen-bond donors (Lipinski definition) is 2. The molecule has 0 aliphatic carbocycles. The van der Waals surface area contributed by atoms with Crippen molar-refractivity contribution in [1.82, 2.24) is 20.2 Å². The number of nitrogens with one attached hydrogen (secondary N) is 2. The van der Waals surface area contributed by atoms with Crippen LogP contribution in [-0.2, 0) is 11.3 Å². The van der Waals surface area contributed by atoms with E-state index < -0.39 is 0 Å². The van der Waals surface area contributed by atoms with Crippen LogP contribution in [0.15, 0.2) is 24.3 Å². The van der Waals surface area contributed by atoms with E-state index in [1.807, 2.05) is 25.1 Å². The van der Waals surface area contributed by atoms with Crippen LogP contribution in [0.1, 0.15) is 25.1 Å². The summed E-state index contributed by atoms with van der Waals surface area (Å²) in [6.07, 6.45) is 3.18. The van der Waals surface area contributed by atoms with Crippen molar-refractivity contribution >= 4 is 17.1 Å². The van der Waals surface area contributed by atoms with Crippen LogP contribution in [0.25, 0.3) is 11.0 Å². The highest BCUT2D eigenvalue weighted by atomic mass is 16.5. The Balaban J connectivity index is 1.40. The summed E-state index contributed by atoms with van der Waals surface area (Å²) in [5, 5.41) is 5.76. The van der Waals surface area contributed by atoms with Gasteiger partial charge in [0.15, 0.2) is 0 Å². The number of urea groups is 1. The molecule has 0 radical (unpaired) electrons. The fourth-order valence-corrected chi connectivity index (χ4v) is 2.99. The normalized spacial score (nSPS) is 17.5. The molecule has 6 heteroatoms. The summed E-state index contributed by atoms with van der Waals surface area (Å²) in [7, 11) is 0. The third-order valence-electron chi connectivity index (χ3n) is 4.20. The third kappa shape index (κ3) is 4.01. The molecule has 124 valence electrons. The summed E-state index contributed by atoms with van der Waals surface area (Å²) >= 11 is 0. The van der Waals surface area contributed by atoms with Crippen molar-refractivity contribution < 1.29 is 9.53 Å². The molecule has 2 N–H and O–H groups in total. The van der Waals surface area contributed by atoms with Crippen LogP contribution < -0.4 is 10.6 Å². The molecular weight excluding hydrogens is 292 g/mol. The van der Waals surface area contributed by atoms with Gasteiger partial charge in [0, 0.05) is 26.2 Å². The minimum absolute atomic E-state index is 0.118. The van der Waals surface area contributed by atoms with E-state index in [-0.39, 0.29) is 12.1 Å². The van der Waals surface area contributed by atoms with Crippen LogP contribution in [0.5, 0.6) is 0 Å². The minimum Gasteiger partial charge on any atom is -0.376 e. The Kier molecular flexibility index (Phi) is 5.12. The SMILES string of the molecule is Cc1nc2ccccc2n1CCCNC(=O)NC[C@@H]1CCCO1. The van der Waals surface area contributed by atoms with Gasteiger partial charge in [0.05, 0.1) is 17.1 Å². The lowest BCUT2D eigenvalue weighted by atomic mass is 10.2. The zero-order valence-corrected chi connectivity index (χ0v) is 13.5. The maximum atomic E-state index is 11.7. The average Bonchev–Trinajstić information content (AvgIpc) is 3.17. The van der Waals surface area contributed by atoms with Crippen LogP contribution in [0.4, 0.5) is 4.79 Å². The Labute approximate surface area is 136 Å². The molecule has 6 nitrogen and oxygen atoms in total. The van der Waals surface area contributed by atoms with E-state index in [0.717, 1.165) is 49.3 Å². The molecule has 1 aromatic carbocycles. The number of carbonyl (C=O) groups is 1. The molecule has 1 saturated heterocycles. The van der Waals surface area contributed by atoms with Gasteiger partial charge in [-0.3, -0.25) is 0 Å². The molecule has 1 aromatic heterocycles. The highest BCUT2D eigenvalue weighted by Crippen LogP contribution is 2.15. The molecule has 2 aromatic rings. The summed E-state index contributed by atoms with van der Waals surface area (Å²) in [4.78, 5) is 16.3. The van der Waals surface area contributed by atoms with E-state index in [1.54, 1.807) is 0 Å². The maximum absolute atomic E-state index is 11.7.